The van der Waals surface area contributed by atoms with Gasteiger partial charge >= 0.3 is 0 Å². The van der Waals surface area contributed by atoms with Gasteiger partial charge in [0.15, 0.2) is 0 Å². The highest BCUT2D eigenvalue weighted by atomic mass is 14.9. The number of hydrogen-bond acceptors (Lipinski definition) is 2. The van der Waals surface area contributed by atoms with Crippen LogP contribution in [0, 0.1) is 17.5 Å². The van der Waals surface area contributed by atoms with Crippen molar-refractivity contribution in [3.8, 4) is 6.19 Å². The molecule has 0 aliphatic rings. The van der Waals surface area contributed by atoms with Gasteiger partial charge in [0.1, 0.15) is 6.34 Å². The van der Waals surface area contributed by atoms with E-state index in [0.717, 1.165) is 5.69 Å². The van der Waals surface area contributed by atoms with Crippen molar-refractivity contribution in [3.63, 3.8) is 0 Å². The van der Waals surface area contributed by atoms with E-state index in [1.165, 1.54) is 6.34 Å². The molecule has 53 valence electrons. The van der Waals surface area contributed by atoms with Crippen molar-refractivity contribution in [1.82, 2.24) is 0 Å². The molecule has 0 bridgehead atoms. The van der Waals surface area contributed by atoms with Gasteiger partial charge in [-0.15, -0.1) is 0 Å². The smallest absolute Gasteiger partial charge is 0.207 e. The van der Waals surface area contributed by atoms with Gasteiger partial charge in [-0.3, -0.25) is 0 Å². The third-order valence-electron chi connectivity index (χ3n) is 1.05. The average Bonchev–Trinajstić information content (AvgIpc) is 2.07. The molecule has 0 heterocycles. The highest BCUT2D eigenvalue weighted by Crippen LogP contribution is 2.01. The highest BCUT2D eigenvalue weighted by molar-refractivity contribution is 5.75. The first-order valence-electron chi connectivity index (χ1n) is 3.07. The first-order chi connectivity index (χ1) is 5.43. The number of aliphatic imine (C=N–C) groups is 1. The van der Waals surface area contributed by atoms with Crippen LogP contribution in [0.15, 0.2) is 29.3 Å². The minimum absolute atomic E-state index is 0.798. The first-order valence-corrected chi connectivity index (χ1v) is 3.07. The largest absolute Gasteiger partial charge is 0.345 e. The van der Waals surface area contributed by atoms with E-state index in [4.69, 9.17) is 5.26 Å². The van der Waals surface area contributed by atoms with Crippen LogP contribution >= 0.6 is 0 Å². The molecule has 0 aliphatic heterocycles. The minimum Gasteiger partial charge on any atom is -0.345 e. The Balaban J connectivity index is 2.53. The molecule has 3 nitrogen and oxygen atoms in total. The van der Waals surface area contributed by atoms with Gasteiger partial charge in [0.25, 0.3) is 0 Å². The lowest BCUT2D eigenvalue weighted by Gasteiger charge is -1.94. The summed E-state index contributed by atoms with van der Waals surface area (Å²) in [5, 5.41) is 10.8. The predicted molar refractivity (Wildman–Crippen MR) is 43.0 cm³/mol. The monoisotopic (exact) mass is 144 g/mol. The fourth-order valence-corrected chi connectivity index (χ4v) is 0.614. The van der Waals surface area contributed by atoms with Gasteiger partial charge < -0.3 is 5.32 Å². The molecule has 1 aromatic rings. The highest BCUT2D eigenvalue weighted by Gasteiger charge is 1.82. The summed E-state index contributed by atoms with van der Waals surface area (Å²) < 4.78 is 0. The summed E-state index contributed by atoms with van der Waals surface area (Å²) in [6.07, 6.45) is 2.96. The molecule has 0 aliphatic carbocycles. The second-order valence-electron chi connectivity index (χ2n) is 1.78. The Morgan fingerprint density at radius 2 is 2.55 bits per heavy atom. The summed E-state index contributed by atoms with van der Waals surface area (Å²) >= 11 is 0. The van der Waals surface area contributed by atoms with Crippen LogP contribution < -0.4 is 5.32 Å². The standard InChI is InChI=1S/C8H6N3/c9-6-10-7-11-8-4-2-1-3-5-8/h1-4,7H,(H,10,11). The van der Waals surface area contributed by atoms with Crippen LogP contribution in [-0.4, -0.2) is 6.34 Å². The molecular formula is C8H6N3. The number of rotatable bonds is 2. The third-order valence-corrected chi connectivity index (χ3v) is 1.05. The van der Waals surface area contributed by atoms with Crippen molar-refractivity contribution in [1.29, 1.82) is 5.26 Å². The number of nitrogens with zero attached hydrogens (tertiary/aromatic N) is 2. The maximum Gasteiger partial charge on any atom is 0.207 e. The molecule has 0 spiro atoms. The molecule has 1 aromatic carbocycles. The Hall–Kier alpha value is -1.82. The summed E-state index contributed by atoms with van der Waals surface area (Å²) in [4.78, 5) is 3.32. The average molecular weight is 144 g/mol. The molecule has 11 heavy (non-hydrogen) atoms. The second-order valence-corrected chi connectivity index (χ2v) is 1.78. The summed E-state index contributed by atoms with van der Waals surface area (Å²) in [7, 11) is 0. The Labute approximate surface area is 65.0 Å². The van der Waals surface area contributed by atoms with E-state index in [1.54, 1.807) is 12.3 Å². The van der Waals surface area contributed by atoms with Crippen LogP contribution in [0.5, 0.6) is 0 Å². The Morgan fingerprint density at radius 1 is 1.64 bits per heavy atom. The zero-order chi connectivity index (χ0) is 7.94. The molecule has 1 rings (SSSR count). The zero-order valence-electron chi connectivity index (χ0n) is 5.78. The quantitative estimate of drug-likeness (QED) is 0.387. The molecule has 0 amide bonds. The molecule has 0 saturated carbocycles. The molecule has 0 atom stereocenters. The van der Waals surface area contributed by atoms with Gasteiger partial charge in [-0.1, -0.05) is 18.2 Å². The van der Waals surface area contributed by atoms with Crippen LogP contribution in [0.3, 0.4) is 0 Å². The van der Waals surface area contributed by atoms with Crippen molar-refractivity contribution >= 4 is 12.0 Å². The molecule has 0 saturated heterocycles. The topological polar surface area (TPSA) is 48.2 Å². The summed E-state index contributed by atoms with van der Waals surface area (Å²) in [6.45, 7) is 0. The number of nitrogens with one attached hydrogen (secondary N) is 1. The van der Waals surface area contributed by atoms with Crippen molar-refractivity contribution in [3.05, 3.63) is 30.3 Å². The van der Waals surface area contributed by atoms with E-state index in [0.29, 0.717) is 0 Å². The number of para-hydroxylation sites is 1. The fourth-order valence-electron chi connectivity index (χ4n) is 0.614. The fraction of sp³-hybridized carbons (Fsp3) is 0. The van der Waals surface area contributed by atoms with Gasteiger partial charge in [0.05, 0.1) is 0 Å². The maximum absolute atomic E-state index is 8.05. The second kappa shape index (κ2) is 4.07. The predicted octanol–water partition coefficient (Wildman–Crippen LogP) is 1.41. The molecule has 0 unspecified atom stereocenters. The van der Waals surface area contributed by atoms with Crippen LogP contribution in [0.25, 0.3) is 0 Å². The lowest BCUT2D eigenvalue weighted by molar-refractivity contribution is 1.44. The van der Waals surface area contributed by atoms with E-state index in [9.17, 15) is 0 Å². The number of nitriles is 1. The van der Waals surface area contributed by atoms with E-state index >= 15 is 0 Å². The summed E-state index contributed by atoms with van der Waals surface area (Å²) in [5.41, 5.74) is 0.798. The number of anilines is 1. The van der Waals surface area contributed by atoms with Crippen LogP contribution in [0.4, 0.5) is 5.69 Å². The van der Waals surface area contributed by atoms with E-state index in [1.807, 2.05) is 18.2 Å². The van der Waals surface area contributed by atoms with E-state index in [-0.39, 0.29) is 0 Å². The lowest BCUT2D eigenvalue weighted by Crippen LogP contribution is -1.92. The van der Waals surface area contributed by atoms with Crippen molar-refractivity contribution in [2.24, 2.45) is 4.99 Å². The number of hydrogen-bond donors (Lipinski definition) is 1. The normalized spacial score (nSPS) is 9.36. The van der Waals surface area contributed by atoms with Crippen LogP contribution in [-0.2, 0) is 0 Å². The van der Waals surface area contributed by atoms with Crippen molar-refractivity contribution in [2.45, 2.75) is 0 Å². The Morgan fingerprint density at radius 3 is 3.18 bits per heavy atom. The SMILES string of the molecule is N#C/N=C/Nc1[c]cccc1. The molecule has 0 aromatic heterocycles. The molecule has 3 heteroatoms. The van der Waals surface area contributed by atoms with E-state index in [2.05, 4.69) is 16.4 Å². The van der Waals surface area contributed by atoms with Gasteiger partial charge in [-0.2, -0.15) is 10.3 Å². The molecule has 1 N–H and O–H groups in total. The van der Waals surface area contributed by atoms with Gasteiger partial charge in [-0.25, -0.2) is 0 Å². The summed E-state index contributed by atoms with van der Waals surface area (Å²) in [5.74, 6) is 0. The molecular weight excluding hydrogens is 138 g/mol. The van der Waals surface area contributed by atoms with Gasteiger partial charge in [0.2, 0.25) is 6.19 Å². The van der Waals surface area contributed by atoms with E-state index < -0.39 is 0 Å². The van der Waals surface area contributed by atoms with Crippen LogP contribution in [0.2, 0.25) is 0 Å². The third kappa shape index (κ3) is 2.50. The van der Waals surface area contributed by atoms with Gasteiger partial charge in [-0.05, 0) is 6.07 Å². The van der Waals surface area contributed by atoms with Crippen molar-refractivity contribution in [2.75, 3.05) is 5.32 Å². The first kappa shape index (κ1) is 7.29. The minimum atomic E-state index is 0.798. The molecule has 1 radical (unpaired) electrons. The zero-order valence-corrected chi connectivity index (χ0v) is 5.78. The molecule has 0 fully saturated rings. The maximum atomic E-state index is 8.05. The van der Waals surface area contributed by atoms with Crippen molar-refractivity contribution < 1.29 is 0 Å². The number of benzene rings is 1. The van der Waals surface area contributed by atoms with Crippen LogP contribution in [0.1, 0.15) is 0 Å². The summed E-state index contributed by atoms with van der Waals surface area (Å²) in [6, 6.07) is 10.3. The Kier molecular flexibility index (Phi) is 2.70. The lowest BCUT2D eigenvalue weighted by atomic mass is 10.3. The Bertz CT molecular complexity index is 271. The van der Waals surface area contributed by atoms with Gasteiger partial charge in [0, 0.05) is 11.8 Å².